The molecule has 1 amide bonds. The standard InChI is InChI=1S/C57H54N4O2/c1-5-59(6-2)46-32-34-50-52(38-46)63-53-39-47(60(7-3)8-4)33-35-51(53)57(50)49-27-19-18-26-48(49)56(62)61(57)37-36-58-40-41-28-30-45(31-29-41)55(44-24-16-11-17-25-44)54(42-20-12-9-13-21-42)43-22-14-10-15-23-43/h9-35,38-40H,5-8,36-37H2,1-4H3. The smallest absolute Gasteiger partial charge is 0.255 e. The summed E-state index contributed by atoms with van der Waals surface area (Å²) >= 11 is 0. The van der Waals surface area contributed by atoms with Crippen molar-refractivity contribution in [2.24, 2.45) is 4.99 Å². The second-order valence-electron chi connectivity index (χ2n) is 16.0. The summed E-state index contributed by atoms with van der Waals surface area (Å²) in [6.45, 7) is 13.0. The van der Waals surface area contributed by atoms with Crippen LogP contribution in [0.15, 0.2) is 181 Å². The molecule has 0 atom stereocenters. The molecule has 0 radical (unpaired) electrons. The number of carbonyl (C=O) groups excluding carboxylic acids is 1. The molecule has 0 saturated carbocycles. The van der Waals surface area contributed by atoms with Gasteiger partial charge in [-0.2, -0.15) is 0 Å². The van der Waals surface area contributed by atoms with Crippen LogP contribution < -0.4 is 14.5 Å². The molecule has 0 fully saturated rings. The number of amides is 1. The number of benzene rings is 7. The maximum atomic E-state index is 14.8. The third-order valence-electron chi connectivity index (χ3n) is 12.7. The van der Waals surface area contributed by atoms with Gasteiger partial charge in [0.2, 0.25) is 0 Å². The Hall–Kier alpha value is -7.18. The molecule has 9 rings (SSSR count). The van der Waals surface area contributed by atoms with E-state index < -0.39 is 5.54 Å². The zero-order valence-corrected chi connectivity index (χ0v) is 36.7. The molecule has 0 N–H and O–H groups in total. The van der Waals surface area contributed by atoms with Crippen molar-refractivity contribution in [3.05, 3.63) is 226 Å². The minimum absolute atomic E-state index is 0.00235. The highest BCUT2D eigenvalue weighted by Gasteiger charge is 2.56. The molecule has 2 aliphatic rings. The highest BCUT2D eigenvalue weighted by molar-refractivity contribution is 6.05. The van der Waals surface area contributed by atoms with Crippen LogP contribution >= 0.6 is 0 Å². The Balaban J connectivity index is 1.08. The predicted molar refractivity (Wildman–Crippen MR) is 261 cm³/mol. The molecule has 1 spiro atoms. The lowest BCUT2D eigenvalue weighted by molar-refractivity contribution is 0.0673. The molecular formula is C57H54N4O2. The summed E-state index contributed by atoms with van der Waals surface area (Å²) in [6, 6.07) is 61.7. The number of hydrogen-bond acceptors (Lipinski definition) is 5. The number of aliphatic imine (C=N–C) groups is 1. The van der Waals surface area contributed by atoms with Crippen molar-refractivity contribution in [2.75, 3.05) is 49.1 Å². The van der Waals surface area contributed by atoms with Crippen LogP contribution in [-0.4, -0.2) is 56.3 Å². The van der Waals surface area contributed by atoms with Crippen molar-refractivity contribution < 1.29 is 9.53 Å². The predicted octanol–water partition coefficient (Wildman–Crippen LogP) is 12.4. The molecule has 0 saturated heterocycles. The second kappa shape index (κ2) is 18.0. The topological polar surface area (TPSA) is 48.4 Å². The van der Waals surface area contributed by atoms with Crippen LogP contribution in [0.3, 0.4) is 0 Å². The van der Waals surface area contributed by atoms with Crippen LogP contribution in [-0.2, 0) is 5.54 Å². The fraction of sp³-hybridized carbons (Fsp3) is 0.193. The summed E-state index contributed by atoms with van der Waals surface area (Å²) < 4.78 is 6.90. The van der Waals surface area contributed by atoms with Gasteiger partial charge in [-0.3, -0.25) is 9.79 Å². The third-order valence-corrected chi connectivity index (χ3v) is 12.7. The summed E-state index contributed by atoms with van der Waals surface area (Å²) in [6.07, 6.45) is 1.93. The van der Waals surface area contributed by atoms with E-state index in [9.17, 15) is 4.79 Å². The molecule has 2 aliphatic heterocycles. The number of rotatable bonds is 14. The zero-order chi connectivity index (χ0) is 43.3. The molecule has 7 aromatic carbocycles. The summed E-state index contributed by atoms with van der Waals surface area (Å²) in [4.78, 5) is 26.5. The Bertz CT molecular complexity index is 2670. The van der Waals surface area contributed by atoms with Gasteiger partial charge in [-0.05, 0) is 90.4 Å². The summed E-state index contributed by atoms with van der Waals surface area (Å²) in [5, 5.41) is 0. The van der Waals surface area contributed by atoms with E-state index in [2.05, 4.69) is 195 Å². The molecule has 0 aromatic heterocycles. The van der Waals surface area contributed by atoms with Gasteiger partial charge in [-0.25, -0.2) is 0 Å². The fourth-order valence-corrected chi connectivity index (χ4v) is 9.69. The van der Waals surface area contributed by atoms with E-state index in [4.69, 9.17) is 9.73 Å². The Morgan fingerprint density at radius 1 is 0.540 bits per heavy atom. The van der Waals surface area contributed by atoms with E-state index in [0.717, 1.165) is 93.6 Å². The van der Waals surface area contributed by atoms with E-state index >= 15 is 0 Å². The van der Waals surface area contributed by atoms with Gasteiger partial charge >= 0.3 is 0 Å². The summed E-state index contributed by atoms with van der Waals surface area (Å²) in [7, 11) is 0. The minimum atomic E-state index is -0.896. The minimum Gasteiger partial charge on any atom is -0.456 e. The van der Waals surface area contributed by atoms with Crippen LogP contribution in [0.2, 0.25) is 0 Å². The maximum absolute atomic E-state index is 14.8. The number of nitrogens with zero attached hydrogens (tertiary/aromatic N) is 4. The summed E-state index contributed by atoms with van der Waals surface area (Å²) in [5.74, 6) is 1.54. The fourth-order valence-electron chi connectivity index (χ4n) is 9.69. The lowest BCUT2D eigenvalue weighted by Gasteiger charge is -2.44. The van der Waals surface area contributed by atoms with Crippen molar-refractivity contribution in [1.82, 2.24) is 4.90 Å². The van der Waals surface area contributed by atoms with Crippen molar-refractivity contribution in [2.45, 2.75) is 33.2 Å². The first kappa shape index (κ1) is 41.2. The van der Waals surface area contributed by atoms with E-state index in [1.54, 1.807) is 0 Å². The average molecular weight is 827 g/mol. The Kier molecular flexibility index (Phi) is 11.8. The highest BCUT2D eigenvalue weighted by atomic mass is 16.5. The largest absolute Gasteiger partial charge is 0.456 e. The van der Waals surface area contributed by atoms with Crippen molar-refractivity contribution >= 4 is 34.6 Å². The van der Waals surface area contributed by atoms with Gasteiger partial charge in [0.15, 0.2) is 0 Å². The van der Waals surface area contributed by atoms with Gasteiger partial charge < -0.3 is 19.4 Å². The monoisotopic (exact) mass is 826 g/mol. The number of ether oxygens (including phenoxy) is 1. The molecule has 63 heavy (non-hydrogen) atoms. The van der Waals surface area contributed by atoms with Gasteiger partial charge in [-0.1, -0.05) is 146 Å². The molecule has 314 valence electrons. The normalized spacial score (nSPS) is 13.3. The number of hydrogen-bond donors (Lipinski definition) is 0. The van der Waals surface area contributed by atoms with Crippen LogP contribution in [0, 0.1) is 0 Å². The van der Waals surface area contributed by atoms with Gasteiger partial charge in [0.05, 0.1) is 6.54 Å². The molecule has 6 heteroatoms. The summed E-state index contributed by atoms with van der Waals surface area (Å²) in [5.41, 5.74) is 12.8. The lowest BCUT2D eigenvalue weighted by Crippen LogP contribution is -2.48. The first-order chi connectivity index (χ1) is 31.0. The molecular weight excluding hydrogens is 773 g/mol. The Labute approximate surface area is 372 Å². The molecule has 6 nitrogen and oxygen atoms in total. The van der Waals surface area contributed by atoms with Crippen LogP contribution in [0.1, 0.15) is 82.6 Å². The van der Waals surface area contributed by atoms with Gasteiger partial charge in [0.25, 0.3) is 5.91 Å². The molecule has 0 aliphatic carbocycles. The Morgan fingerprint density at radius 3 is 1.46 bits per heavy atom. The first-order valence-electron chi connectivity index (χ1n) is 22.4. The molecule has 0 unspecified atom stereocenters. The first-order valence-corrected chi connectivity index (χ1v) is 22.4. The second-order valence-corrected chi connectivity index (χ2v) is 16.0. The zero-order valence-electron chi connectivity index (χ0n) is 36.7. The molecule has 7 aromatic rings. The van der Waals surface area contributed by atoms with Crippen LogP contribution in [0.25, 0.3) is 11.1 Å². The average Bonchev–Trinajstić information content (AvgIpc) is 3.58. The number of fused-ring (bicyclic) bond motifs is 6. The maximum Gasteiger partial charge on any atom is 0.255 e. The number of anilines is 2. The van der Waals surface area contributed by atoms with Crippen molar-refractivity contribution in [3.63, 3.8) is 0 Å². The quantitative estimate of drug-likeness (QED) is 0.0809. The van der Waals surface area contributed by atoms with E-state index in [1.807, 2.05) is 29.3 Å². The Morgan fingerprint density at radius 2 is 0.984 bits per heavy atom. The number of carbonyl (C=O) groups is 1. The van der Waals surface area contributed by atoms with Crippen LogP contribution in [0.5, 0.6) is 11.5 Å². The van der Waals surface area contributed by atoms with Gasteiger partial charge in [-0.15, -0.1) is 0 Å². The van der Waals surface area contributed by atoms with Crippen molar-refractivity contribution in [1.29, 1.82) is 0 Å². The van der Waals surface area contributed by atoms with E-state index in [1.165, 1.54) is 11.1 Å². The van der Waals surface area contributed by atoms with E-state index in [-0.39, 0.29) is 5.91 Å². The molecule has 2 heterocycles. The van der Waals surface area contributed by atoms with Crippen molar-refractivity contribution in [3.8, 4) is 11.5 Å². The van der Waals surface area contributed by atoms with Gasteiger partial charge in [0.1, 0.15) is 17.0 Å². The SMILES string of the molecule is CCN(CC)c1ccc2c(c1)Oc1cc(N(CC)CC)ccc1C21c2ccccc2C(=O)N1CCN=Cc1ccc(C(=C(c2ccccc2)c2ccccc2)c2ccccc2)cc1. The molecule has 0 bridgehead atoms. The van der Waals surface area contributed by atoms with Crippen LogP contribution in [0.4, 0.5) is 11.4 Å². The van der Waals surface area contributed by atoms with Gasteiger partial charge in [0, 0.05) is 79.1 Å². The lowest BCUT2D eigenvalue weighted by atomic mass is 9.74. The van der Waals surface area contributed by atoms with E-state index in [0.29, 0.717) is 18.7 Å². The highest BCUT2D eigenvalue weighted by Crippen LogP contribution is 2.58. The third kappa shape index (κ3) is 7.50.